The molecular formula is C8H14N2O. The Morgan fingerprint density at radius 1 is 1.64 bits per heavy atom. The molecule has 0 fully saturated rings. The summed E-state index contributed by atoms with van der Waals surface area (Å²) >= 11 is 0. The number of nitrogens with zero attached hydrogens (tertiary/aromatic N) is 2. The second-order valence-corrected chi connectivity index (χ2v) is 2.90. The molecule has 3 heteroatoms. The molecule has 0 aromatic carbocycles. The normalized spacial score (nSPS) is 10.9. The molecule has 0 aliphatic rings. The van der Waals surface area contributed by atoms with Crippen LogP contribution >= 0.6 is 0 Å². The highest BCUT2D eigenvalue weighted by molar-refractivity contribution is 5.04. The van der Waals surface area contributed by atoms with Gasteiger partial charge in [0.1, 0.15) is 0 Å². The van der Waals surface area contributed by atoms with Gasteiger partial charge in [-0.25, -0.2) is 0 Å². The third-order valence-electron chi connectivity index (χ3n) is 1.58. The molecule has 0 saturated carbocycles. The highest BCUT2D eigenvalue weighted by Crippen LogP contribution is 2.04. The summed E-state index contributed by atoms with van der Waals surface area (Å²) in [4.78, 5) is 0. The highest BCUT2D eigenvalue weighted by atomic mass is 16.2. The molecule has 62 valence electrons. The Bertz CT molecular complexity index is 218. The SMILES string of the molecule is CC(C)n1cc(CCO)cn1. The molecule has 0 amide bonds. The molecule has 0 saturated heterocycles. The summed E-state index contributed by atoms with van der Waals surface area (Å²) in [7, 11) is 0. The minimum Gasteiger partial charge on any atom is -0.396 e. The van der Waals surface area contributed by atoms with Crippen LogP contribution in [0.2, 0.25) is 0 Å². The van der Waals surface area contributed by atoms with E-state index in [0.29, 0.717) is 12.5 Å². The molecular weight excluding hydrogens is 140 g/mol. The van der Waals surface area contributed by atoms with Crippen molar-refractivity contribution in [3.63, 3.8) is 0 Å². The molecule has 1 aromatic rings. The summed E-state index contributed by atoms with van der Waals surface area (Å²) in [6.07, 6.45) is 4.48. The fraction of sp³-hybridized carbons (Fsp3) is 0.625. The molecule has 0 unspecified atom stereocenters. The summed E-state index contributed by atoms with van der Waals surface area (Å²) in [5.41, 5.74) is 1.10. The minimum atomic E-state index is 0.198. The van der Waals surface area contributed by atoms with Crippen molar-refractivity contribution in [2.24, 2.45) is 0 Å². The zero-order valence-corrected chi connectivity index (χ0v) is 6.99. The fourth-order valence-corrected chi connectivity index (χ4v) is 0.918. The van der Waals surface area contributed by atoms with Crippen LogP contribution in [-0.4, -0.2) is 21.5 Å². The standard InChI is InChI=1S/C8H14N2O/c1-7(2)10-6-8(3-4-11)5-9-10/h5-7,11H,3-4H2,1-2H3. The Labute approximate surface area is 66.7 Å². The lowest BCUT2D eigenvalue weighted by atomic mass is 10.3. The molecule has 3 nitrogen and oxygen atoms in total. The second-order valence-electron chi connectivity index (χ2n) is 2.90. The van der Waals surface area contributed by atoms with Gasteiger partial charge in [0.25, 0.3) is 0 Å². The van der Waals surface area contributed by atoms with Gasteiger partial charge in [0.15, 0.2) is 0 Å². The first-order valence-corrected chi connectivity index (χ1v) is 3.88. The quantitative estimate of drug-likeness (QED) is 0.705. The first kappa shape index (κ1) is 8.27. The van der Waals surface area contributed by atoms with Crippen molar-refractivity contribution in [3.8, 4) is 0 Å². The highest BCUT2D eigenvalue weighted by Gasteiger charge is 1.99. The number of aliphatic hydroxyl groups is 1. The Morgan fingerprint density at radius 2 is 2.36 bits per heavy atom. The van der Waals surface area contributed by atoms with Gasteiger partial charge in [-0.2, -0.15) is 5.10 Å². The summed E-state index contributed by atoms with van der Waals surface area (Å²) in [5.74, 6) is 0. The molecule has 0 spiro atoms. The predicted molar refractivity (Wildman–Crippen MR) is 43.4 cm³/mol. The zero-order valence-electron chi connectivity index (χ0n) is 6.99. The lowest BCUT2D eigenvalue weighted by molar-refractivity contribution is 0.299. The van der Waals surface area contributed by atoms with Gasteiger partial charge < -0.3 is 5.11 Å². The number of rotatable bonds is 3. The maximum atomic E-state index is 8.63. The summed E-state index contributed by atoms with van der Waals surface area (Å²) in [6, 6.07) is 0.405. The molecule has 1 heterocycles. The van der Waals surface area contributed by atoms with E-state index >= 15 is 0 Å². The Balaban J connectivity index is 2.66. The van der Waals surface area contributed by atoms with Crippen molar-refractivity contribution in [1.29, 1.82) is 0 Å². The van der Waals surface area contributed by atoms with Crippen LogP contribution in [-0.2, 0) is 6.42 Å². The van der Waals surface area contributed by atoms with Gasteiger partial charge in [-0.1, -0.05) is 0 Å². The van der Waals surface area contributed by atoms with Gasteiger partial charge in [0, 0.05) is 18.8 Å². The van der Waals surface area contributed by atoms with Crippen molar-refractivity contribution in [2.75, 3.05) is 6.61 Å². The monoisotopic (exact) mass is 154 g/mol. The predicted octanol–water partition coefficient (Wildman–Crippen LogP) is 0.999. The molecule has 0 aliphatic carbocycles. The lowest BCUT2D eigenvalue weighted by Crippen LogP contribution is -2.00. The van der Waals surface area contributed by atoms with Crippen LogP contribution in [0.1, 0.15) is 25.5 Å². The summed E-state index contributed by atoms with van der Waals surface area (Å²) < 4.78 is 1.89. The van der Waals surface area contributed by atoms with E-state index in [1.807, 2.05) is 10.9 Å². The maximum absolute atomic E-state index is 8.63. The van der Waals surface area contributed by atoms with Crippen molar-refractivity contribution in [3.05, 3.63) is 18.0 Å². The first-order valence-electron chi connectivity index (χ1n) is 3.88. The Morgan fingerprint density at radius 3 is 2.82 bits per heavy atom. The minimum absolute atomic E-state index is 0.198. The summed E-state index contributed by atoms with van der Waals surface area (Å²) in [5, 5.41) is 12.8. The van der Waals surface area contributed by atoms with Crippen LogP contribution in [0.25, 0.3) is 0 Å². The molecule has 0 radical (unpaired) electrons. The van der Waals surface area contributed by atoms with E-state index in [0.717, 1.165) is 5.56 Å². The van der Waals surface area contributed by atoms with E-state index < -0.39 is 0 Å². The lowest BCUT2D eigenvalue weighted by Gasteiger charge is -2.02. The van der Waals surface area contributed by atoms with E-state index in [4.69, 9.17) is 5.11 Å². The van der Waals surface area contributed by atoms with E-state index in [-0.39, 0.29) is 6.61 Å². The van der Waals surface area contributed by atoms with Gasteiger partial charge in [-0.3, -0.25) is 4.68 Å². The van der Waals surface area contributed by atoms with Crippen LogP contribution in [0.5, 0.6) is 0 Å². The molecule has 0 bridgehead atoms. The van der Waals surface area contributed by atoms with Gasteiger partial charge in [0.2, 0.25) is 0 Å². The second kappa shape index (κ2) is 3.53. The van der Waals surface area contributed by atoms with Crippen LogP contribution in [0.15, 0.2) is 12.4 Å². The average Bonchev–Trinajstić information content (AvgIpc) is 2.37. The van der Waals surface area contributed by atoms with Gasteiger partial charge in [-0.15, -0.1) is 0 Å². The Kier molecular flexibility index (Phi) is 2.65. The topological polar surface area (TPSA) is 38.0 Å². The van der Waals surface area contributed by atoms with E-state index in [9.17, 15) is 0 Å². The van der Waals surface area contributed by atoms with Crippen LogP contribution in [0.4, 0.5) is 0 Å². The number of hydrogen-bond donors (Lipinski definition) is 1. The van der Waals surface area contributed by atoms with Crippen molar-refractivity contribution < 1.29 is 5.11 Å². The number of hydrogen-bond acceptors (Lipinski definition) is 2. The van der Waals surface area contributed by atoms with Gasteiger partial charge in [-0.05, 0) is 25.8 Å². The van der Waals surface area contributed by atoms with Crippen LogP contribution in [0, 0.1) is 0 Å². The number of aromatic nitrogens is 2. The van der Waals surface area contributed by atoms with Crippen molar-refractivity contribution in [2.45, 2.75) is 26.3 Å². The molecule has 1 rings (SSSR count). The van der Waals surface area contributed by atoms with E-state index in [1.165, 1.54) is 0 Å². The molecule has 0 aliphatic heterocycles. The number of aliphatic hydroxyl groups excluding tert-OH is 1. The van der Waals surface area contributed by atoms with Crippen molar-refractivity contribution in [1.82, 2.24) is 9.78 Å². The zero-order chi connectivity index (χ0) is 8.27. The van der Waals surface area contributed by atoms with Crippen LogP contribution in [0.3, 0.4) is 0 Å². The molecule has 0 atom stereocenters. The smallest absolute Gasteiger partial charge is 0.0522 e. The summed E-state index contributed by atoms with van der Waals surface area (Å²) in [6.45, 7) is 4.36. The maximum Gasteiger partial charge on any atom is 0.0522 e. The van der Waals surface area contributed by atoms with Gasteiger partial charge in [0.05, 0.1) is 6.20 Å². The molecule has 1 N–H and O–H groups in total. The van der Waals surface area contributed by atoms with Gasteiger partial charge >= 0.3 is 0 Å². The van der Waals surface area contributed by atoms with Crippen LogP contribution < -0.4 is 0 Å². The Hall–Kier alpha value is -0.830. The fourth-order valence-electron chi connectivity index (χ4n) is 0.918. The third kappa shape index (κ3) is 2.05. The van der Waals surface area contributed by atoms with Crippen molar-refractivity contribution >= 4 is 0 Å². The van der Waals surface area contributed by atoms with E-state index in [2.05, 4.69) is 18.9 Å². The third-order valence-corrected chi connectivity index (χ3v) is 1.58. The van der Waals surface area contributed by atoms with E-state index in [1.54, 1.807) is 6.20 Å². The largest absolute Gasteiger partial charge is 0.396 e. The average molecular weight is 154 g/mol. The molecule has 1 aromatic heterocycles. The first-order chi connectivity index (χ1) is 5.24. The molecule has 11 heavy (non-hydrogen) atoms.